The lowest BCUT2D eigenvalue weighted by atomic mass is 10.1. The van der Waals surface area contributed by atoms with Crippen molar-refractivity contribution in [2.45, 2.75) is 49.5 Å². The van der Waals surface area contributed by atoms with Crippen LogP contribution in [0.5, 0.6) is 0 Å². The minimum absolute atomic E-state index is 0.0532. The molecule has 3 N–H and O–H groups in total. The molecule has 1 aliphatic rings. The minimum atomic E-state index is -1.44. The predicted octanol–water partition coefficient (Wildman–Crippen LogP) is 2.87. The van der Waals surface area contributed by atoms with E-state index in [1.54, 1.807) is 18.2 Å². The van der Waals surface area contributed by atoms with Crippen LogP contribution in [-0.4, -0.2) is 21.9 Å². The first-order chi connectivity index (χ1) is 10.1. The molecule has 1 unspecified atom stereocenters. The van der Waals surface area contributed by atoms with Gasteiger partial charge in [0, 0.05) is 16.8 Å². The number of rotatable bonds is 4. The van der Waals surface area contributed by atoms with Gasteiger partial charge in [-0.25, -0.2) is 0 Å². The Labute approximate surface area is 132 Å². The van der Waals surface area contributed by atoms with Crippen LogP contribution in [0.1, 0.15) is 38.5 Å². The molecule has 1 saturated carbocycles. The molecular weight excluding hydrogens is 308 g/mol. The van der Waals surface area contributed by atoms with Crippen LogP contribution in [0, 0.1) is 0 Å². The molecule has 1 aromatic rings. The highest BCUT2D eigenvalue weighted by Crippen LogP contribution is 2.21. The van der Waals surface area contributed by atoms with Crippen molar-refractivity contribution in [3.8, 4) is 0 Å². The van der Waals surface area contributed by atoms with Crippen LogP contribution < -0.4 is 11.1 Å². The molecule has 0 heterocycles. The Balaban J connectivity index is 1.90. The Morgan fingerprint density at radius 3 is 2.57 bits per heavy atom. The van der Waals surface area contributed by atoms with E-state index in [9.17, 15) is 9.00 Å². The average molecular weight is 329 g/mol. The van der Waals surface area contributed by atoms with Crippen molar-refractivity contribution in [3.05, 3.63) is 23.2 Å². The summed E-state index contributed by atoms with van der Waals surface area (Å²) < 4.78 is 12.2. The fourth-order valence-electron chi connectivity index (χ4n) is 2.62. The summed E-state index contributed by atoms with van der Waals surface area (Å²) in [5, 5.41) is 3.49. The first-order valence-electron chi connectivity index (χ1n) is 7.29. The first-order valence-corrected chi connectivity index (χ1v) is 8.98. The van der Waals surface area contributed by atoms with Crippen molar-refractivity contribution in [3.63, 3.8) is 0 Å². The SMILES string of the molecule is Nc1cc(Cl)ccc1S(=O)CC(=O)NC1CCCCCC1. The zero-order chi connectivity index (χ0) is 15.2. The summed E-state index contributed by atoms with van der Waals surface area (Å²) in [5.41, 5.74) is 6.16. The van der Waals surface area contributed by atoms with Crippen molar-refractivity contribution >= 4 is 34.0 Å². The summed E-state index contributed by atoms with van der Waals surface area (Å²) in [5.74, 6) is -0.225. The Hall–Kier alpha value is -1.07. The molecule has 6 heteroatoms. The van der Waals surface area contributed by atoms with E-state index in [1.165, 1.54) is 12.8 Å². The largest absolute Gasteiger partial charge is 0.398 e. The molecule has 1 aliphatic carbocycles. The van der Waals surface area contributed by atoms with Crippen molar-refractivity contribution in [2.24, 2.45) is 0 Å². The first kappa shape index (κ1) is 16.3. The number of carbonyl (C=O) groups is 1. The van der Waals surface area contributed by atoms with E-state index in [-0.39, 0.29) is 17.7 Å². The predicted molar refractivity (Wildman–Crippen MR) is 86.8 cm³/mol. The number of carbonyl (C=O) groups excluding carboxylic acids is 1. The van der Waals surface area contributed by atoms with E-state index >= 15 is 0 Å². The maximum Gasteiger partial charge on any atom is 0.233 e. The number of nitrogens with two attached hydrogens (primary N) is 1. The molecule has 0 aliphatic heterocycles. The lowest BCUT2D eigenvalue weighted by molar-refractivity contribution is -0.119. The lowest BCUT2D eigenvalue weighted by Crippen LogP contribution is -2.37. The molecule has 0 spiro atoms. The lowest BCUT2D eigenvalue weighted by Gasteiger charge is -2.16. The number of anilines is 1. The third-order valence-corrected chi connectivity index (χ3v) is 5.32. The highest BCUT2D eigenvalue weighted by Gasteiger charge is 2.18. The topological polar surface area (TPSA) is 72.2 Å². The van der Waals surface area contributed by atoms with Crippen LogP contribution in [0.25, 0.3) is 0 Å². The Kier molecular flexibility index (Phi) is 6.06. The van der Waals surface area contributed by atoms with Gasteiger partial charge < -0.3 is 11.1 Å². The van der Waals surface area contributed by atoms with Gasteiger partial charge in [0.1, 0.15) is 5.75 Å². The normalized spacial score (nSPS) is 18.0. The number of amides is 1. The van der Waals surface area contributed by atoms with Crippen LogP contribution in [0.4, 0.5) is 5.69 Å². The second-order valence-electron chi connectivity index (χ2n) is 5.43. The van der Waals surface area contributed by atoms with Crippen molar-refractivity contribution in [1.82, 2.24) is 5.32 Å². The zero-order valence-corrected chi connectivity index (χ0v) is 13.5. The summed E-state index contributed by atoms with van der Waals surface area (Å²) in [7, 11) is -1.44. The maximum absolute atomic E-state index is 12.2. The van der Waals surface area contributed by atoms with E-state index in [0.717, 1.165) is 25.7 Å². The van der Waals surface area contributed by atoms with E-state index in [2.05, 4.69) is 5.32 Å². The van der Waals surface area contributed by atoms with Crippen molar-refractivity contribution in [1.29, 1.82) is 0 Å². The Bertz CT molecular complexity index is 528. The second-order valence-corrected chi connectivity index (χ2v) is 7.28. The van der Waals surface area contributed by atoms with E-state index in [1.807, 2.05) is 0 Å². The Morgan fingerprint density at radius 1 is 1.29 bits per heavy atom. The zero-order valence-electron chi connectivity index (χ0n) is 11.9. The summed E-state index contributed by atoms with van der Waals surface area (Å²) in [6.07, 6.45) is 6.80. The van der Waals surface area contributed by atoms with Gasteiger partial charge in [0.25, 0.3) is 0 Å². The molecule has 0 radical (unpaired) electrons. The van der Waals surface area contributed by atoms with Crippen LogP contribution in [0.15, 0.2) is 23.1 Å². The third kappa shape index (κ3) is 5.00. The monoisotopic (exact) mass is 328 g/mol. The molecule has 1 atom stereocenters. The van der Waals surface area contributed by atoms with Gasteiger partial charge in [-0.3, -0.25) is 9.00 Å². The van der Waals surface area contributed by atoms with Crippen molar-refractivity contribution < 1.29 is 9.00 Å². The van der Waals surface area contributed by atoms with Gasteiger partial charge in [-0.2, -0.15) is 0 Å². The highest BCUT2D eigenvalue weighted by molar-refractivity contribution is 7.86. The standard InChI is InChI=1S/C15H21ClN2O2S/c16-11-7-8-14(13(17)9-11)21(20)10-15(19)18-12-5-3-1-2-4-6-12/h7-9,12H,1-6,10,17H2,(H,18,19). The van der Waals surface area contributed by atoms with Crippen LogP contribution in [0.3, 0.4) is 0 Å². The van der Waals surface area contributed by atoms with Gasteiger partial charge in [-0.1, -0.05) is 37.3 Å². The van der Waals surface area contributed by atoms with Crippen LogP contribution in [-0.2, 0) is 15.6 Å². The summed E-state index contributed by atoms with van der Waals surface area (Å²) in [6, 6.07) is 5.03. The third-order valence-electron chi connectivity index (χ3n) is 3.70. The van der Waals surface area contributed by atoms with Gasteiger partial charge in [-0.05, 0) is 31.0 Å². The number of benzene rings is 1. The highest BCUT2D eigenvalue weighted by atomic mass is 35.5. The van der Waals surface area contributed by atoms with Gasteiger partial charge in [0.2, 0.25) is 5.91 Å². The van der Waals surface area contributed by atoms with E-state index in [4.69, 9.17) is 17.3 Å². The van der Waals surface area contributed by atoms with Gasteiger partial charge in [0.05, 0.1) is 15.7 Å². The van der Waals surface area contributed by atoms with Gasteiger partial charge in [0.15, 0.2) is 0 Å². The molecule has 0 saturated heterocycles. The summed E-state index contributed by atoms with van der Waals surface area (Å²) >= 11 is 5.81. The summed E-state index contributed by atoms with van der Waals surface area (Å²) in [4.78, 5) is 12.5. The van der Waals surface area contributed by atoms with E-state index < -0.39 is 10.8 Å². The number of nitrogen functional groups attached to an aromatic ring is 1. The maximum atomic E-state index is 12.2. The minimum Gasteiger partial charge on any atom is -0.398 e. The second kappa shape index (κ2) is 7.80. The van der Waals surface area contributed by atoms with Gasteiger partial charge >= 0.3 is 0 Å². The van der Waals surface area contributed by atoms with Crippen LogP contribution in [0.2, 0.25) is 5.02 Å². The molecule has 1 amide bonds. The van der Waals surface area contributed by atoms with Crippen molar-refractivity contribution in [2.75, 3.05) is 11.5 Å². The quantitative estimate of drug-likeness (QED) is 0.659. The molecule has 21 heavy (non-hydrogen) atoms. The number of hydrogen-bond donors (Lipinski definition) is 2. The molecule has 1 aromatic carbocycles. The molecule has 0 aromatic heterocycles. The summed E-state index contributed by atoms with van der Waals surface area (Å²) in [6.45, 7) is 0. The smallest absolute Gasteiger partial charge is 0.233 e. The molecule has 116 valence electrons. The fourth-order valence-corrected chi connectivity index (χ4v) is 3.82. The fraction of sp³-hybridized carbons (Fsp3) is 0.533. The van der Waals surface area contributed by atoms with Gasteiger partial charge in [-0.15, -0.1) is 0 Å². The average Bonchev–Trinajstić information content (AvgIpc) is 2.66. The molecule has 0 bridgehead atoms. The number of halogens is 1. The van der Waals surface area contributed by atoms with E-state index in [0.29, 0.717) is 15.6 Å². The molecular formula is C15H21ClN2O2S. The molecule has 2 rings (SSSR count). The number of hydrogen-bond acceptors (Lipinski definition) is 3. The Morgan fingerprint density at radius 2 is 1.95 bits per heavy atom. The van der Waals surface area contributed by atoms with Crippen LogP contribution >= 0.6 is 11.6 Å². The molecule has 1 fully saturated rings. The number of nitrogens with one attached hydrogen (secondary N) is 1. The molecule has 4 nitrogen and oxygen atoms in total.